The van der Waals surface area contributed by atoms with Crippen LogP contribution < -0.4 is 11.1 Å². The first-order valence-corrected chi connectivity index (χ1v) is 5.52. The molecule has 0 aliphatic rings. The summed E-state index contributed by atoms with van der Waals surface area (Å²) in [6.07, 6.45) is 0. The largest absolute Gasteiger partial charge is 0.397 e. The van der Waals surface area contributed by atoms with Crippen molar-refractivity contribution in [1.82, 2.24) is 0 Å². The molecular weight excluding hydrogens is 239 g/mol. The molecule has 0 saturated heterocycles. The molecule has 0 spiro atoms. The van der Waals surface area contributed by atoms with Gasteiger partial charge in [-0.1, -0.05) is 17.7 Å². The summed E-state index contributed by atoms with van der Waals surface area (Å²) in [4.78, 5) is 0. The lowest BCUT2D eigenvalue weighted by atomic mass is 10.2. The predicted molar refractivity (Wildman–Crippen MR) is 70.3 cm³/mol. The number of benzene rings is 2. The van der Waals surface area contributed by atoms with Gasteiger partial charge in [-0.25, -0.2) is 4.39 Å². The van der Waals surface area contributed by atoms with E-state index in [4.69, 9.17) is 17.3 Å². The van der Waals surface area contributed by atoms with Crippen LogP contribution in [-0.4, -0.2) is 0 Å². The fourth-order valence-electron chi connectivity index (χ4n) is 1.53. The van der Waals surface area contributed by atoms with Crippen LogP contribution in [0, 0.1) is 12.7 Å². The summed E-state index contributed by atoms with van der Waals surface area (Å²) in [6, 6.07) is 9.88. The lowest BCUT2D eigenvalue weighted by Crippen LogP contribution is -1.98. The highest BCUT2D eigenvalue weighted by Gasteiger charge is 2.05. The molecule has 0 saturated carbocycles. The van der Waals surface area contributed by atoms with E-state index in [2.05, 4.69) is 5.32 Å². The van der Waals surface area contributed by atoms with E-state index in [-0.39, 0.29) is 5.82 Å². The van der Waals surface area contributed by atoms with E-state index in [1.807, 2.05) is 25.1 Å². The van der Waals surface area contributed by atoms with Crippen LogP contribution in [0.1, 0.15) is 5.56 Å². The molecule has 0 aliphatic heterocycles. The average Bonchev–Trinajstić information content (AvgIpc) is 2.27. The summed E-state index contributed by atoms with van der Waals surface area (Å²) in [5.41, 5.74) is 8.44. The van der Waals surface area contributed by atoms with Crippen molar-refractivity contribution in [2.75, 3.05) is 11.1 Å². The molecular formula is C13H12ClFN2. The third-order valence-corrected chi connectivity index (χ3v) is 2.64. The third kappa shape index (κ3) is 2.68. The van der Waals surface area contributed by atoms with Gasteiger partial charge in [-0.3, -0.25) is 0 Å². The fourth-order valence-corrected chi connectivity index (χ4v) is 1.71. The van der Waals surface area contributed by atoms with Crippen LogP contribution in [0.25, 0.3) is 0 Å². The van der Waals surface area contributed by atoms with Crippen molar-refractivity contribution in [3.8, 4) is 0 Å². The zero-order chi connectivity index (χ0) is 12.4. The zero-order valence-electron chi connectivity index (χ0n) is 9.30. The van der Waals surface area contributed by atoms with Crippen LogP contribution in [0.2, 0.25) is 5.02 Å². The number of anilines is 3. The summed E-state index contributed by atoms with van der Waals surface area (Å²) in [5.74, 6) is -0.366. The first kappa shape index (κ1) is 11.7. The minimum atomic E-state index is -0.366. The van der Waals surface area contributed by atoms with Crippen LogP contribution in [0.4, 0.5) is 21.5 Å². The van der Waals surface area contributed by atoms with E-state index in [1.165, 1.54) is 18.2 Å². The molecule has 0 amide bonds. The Morgan fingerprint density at radius 2 is 1.88 bits per heavy atom. The number of nitrogens with two attached hydrogens (primary N) is 1. The first-order valence-electron chi connectivity index (χ1n) is 5.14. The van der Waals surface area contributed by atoms with Crippen LogP contribution in [0.15, 0.2) is 36.4 Å². The second-order valence-electron chi connectivity index (χ2n) is 3.84. The molecule has 0 fully saturated rings. The van der Waals surface area contributed by atoms with Crippen molar-refractivity contribution in [3.63, 3.8) is 0 Å². The van der Waals surface area contributed by atoms with Crippen molar-refractivity contribution in [1.29, 1.82) is 0 Å². The molecule has 2 rings (SSSR count). The molecule has 0 bridgehead atoms. The van der Waals surface area contributed by atoms with E-state index >= 15 is 0 Å². The molecule has 0 unspecified atom stereocenters. The summed E-state index contributed by atoms with van der Waals surface area (Å²) < 4.78 is 13.5. The number of hydrogen-bond acceptors (Lipinski definition) is 2. The van der Waals surface area contributed by atoms with Gasteiger partial charge >= 0.3 is 0 Å². The van der Waals surface area contributed by atoms with Crippen molar-refractivity contribution in [3.05, 3.63) is 52.8 Å². The summed E-state index contributed by atoms with van der Waals surface area (Å²) >= 11 is 5.81. The van der Waals surface area contributed by atoms with E-state index in [1.54, 1.807) is 0 Å². The number of rotatable bonds is 2. The second-order valence-corrected chi connectivity index (χ2v) is 4.28. The van der Waals surface area contributed by atoms with Gasteiger partial charge in [0, 0.05) is 5.02 Å². The van der Waals surface area contributed by atoms with Crippen LogP contribution in [-0.2, 0) is 0 Å². The predicted octanol–water partition coefficient (Wildman–Crippen LogP) is 4.11. The second kappa shape index (κ2) is 4.63. The first-order chi connectivity index (χ1) is 8.06. The lowest BCUT2D eigenvalue weighted by molar-refractivity contribution is 0.632. The van der Waals surface area contributed by atoms with Crippen molar-refractivity contribution in [2.24, 2.45) is 0 Å². The molecule has 2 nitrogen and oxygen atoms in total. The standard InChI is InChI=1S/C13H12ClFN2/c1-8-2-5-12(11(16)6-8)17-13-7-9(14)3-4-10(13)15/h2-7,17H,16H2,1H3. The highest BCUT2D eigenvalue weighted by molar-refractivity contribution is 6.30. The fraction of sp³-hybridized carbons (Fsp3) is 0.0769. The highest BCUT2D eigenvalue weighted by atomic mass is 35.5. The molecule has 2 aromatic rings. The Bertz CT molecular complexity index is 555. The summed E-state index contributed by atoms with van der Waals surface area (Å²) in [7, 11) is 0. The van der Waals surface area contributed by atoms with Gasteiger partial charge in [-0.2, -0.15) is 0 Å². The molecule has 0 radical (unpaired) electrons. The van der Waals surface area contributed by atoms with Gasteiger partial charge in [0.25, 0.3) is 0 Å². The van der Waals surface area contributed by atoms with Crippen LogP contribution >= 0.6 is 11.6 Å². The van der Waals surface area contributed by atoms with Gasteiger partial charge in [0.2, 0.25) is 0 Å². The Labute approximate surface area is 104 Å². The maximum Gasteiger partial charge on any atom is 0.146 e. The summed E-state index contributed by atoms with van der Waals surface area (Å²) in [6.45, 7) is 1.94. The SMILES string of the molecule is Cc1ccc(Nc2cc(Cl)ccc2F)c(N)c1. The molecule has 17 heavy (non-hydrogen) atoms. The normalized spacial score (nSPS) is 10.3. The Hall–Kier alpha value is -1.74. The summed E-state index contributed by atoms with van der Waals surface area (Å²) in [5, 5.41) is 3.40. The van der Waals surface area contributed by atoms with Crippen molar-refractivity contribution < 1.29 is 4.39 Å². The molecule has 0 aromatic heterocycles. The third-order valence-electron chi connectivity index (χ3n) is 2.40. The van der Waals surface area contributed by atoms with E-state index in [0.717, 1.165) is 5.56 Å². The quantitative estimate of drug-likeness (QED) is 0.787. The van der Waals surface area contributed by atoms with E-state index in [0.29, 0.717) is 22.1 Å². The lowest BCUT2D eigenvalue weighted by Gasteiger charge is -2.11. The Morgan fingerprint density at radius 3 is 2.59 bits per heavy atom. The monoisotopic (exact) mass is 250 g/mol. The molecule has 88 valence electrons. The molecule has 3 N–H and O–H groups in total. The number of nitrogen functional groups attached to an aromatic ring is 1. The Kier molecular flexibility index (Phi) is 3.20. The number of halogens is 2. The topological polar surface area (TPSA) is 38.0 Å². The molecule has 2 aromatic carbocycles. The van der Waals surface area contributed by atoms with Gasteiger partial charge in [-0.15, -0.1) is 0 Å². The number of hydrogen-bond donors (Lipinski definition) is 2. The Morgan fingerprint density at radius 1 is 1.12 bits per heavy atom. The number of nitrogens with one attached hydrogen (secondary N) is 1. The van der Waals surface area contributed by atoms with Crippen molar-refractivity contribution in [2.45, 2.75) is 6.92 Å². The van der Waals surface area contributed by atoms with Gasteiger partial charge < -0.3 is 11.1 Å². The number of aryl methyl sites for hydroxylation is 1. The van der Waals surface area contributed by atoms with Crippen molar-refractivity contribution >= 4 is 28.7 Å². The average molecular weight is 251 g/mol. The van der Waals surface area contributed by atoms with Crippen LogP contribution in [0.3, 0.4) is 0 Å². The smallest absolute Gasteiger partial charge is 0.146 e. The molecule has 4 heteroatoms. The molecule has 0 atom stereocenters. The highest BCUT2D eigenvalue weighted by Crippen LogP contribution is 2.27. The Balaban J connectivity index is 2.34. The molecule has 0 heterocycles. The minimum Gasteiger partial charge on any atom is -0.397 e. The maximum absolute atomic E-state index is 13.5. The van der Waals surface area contributed by atoms with E-state index in [9.17, 15) is 4.39 Å². The molecule has 0 aliphatic carbocycles. The zero-order valence-corrected chi connectivity index (χ0v) is 10.1. The maximum atomic E-state index is 13.5. The van der Waals surface area contributed by atoms with Gasteiger partial charge in [-0.05, 0) is 42.8 Å². The van der Waals surface area contributed by atoms with E-state index < -0.39 is 0 Å². The minimum absolute atomic E-state index is 0.313. The van der Waals surface area contributed by atoms with Gasteiger partial charge in [0.05, 0.1) is 17.1 Å². The van der Waals surface area contributed by atoms with Gasteiger partial charge in [0.15, 0.2) is 0 Å². The van der Waals surface area contributed by atoms with Gasteiger partial charge in [0.1, 0.15) is 5.82 Å². The van der Waals surface area contributed by atoms with Crippen LogP contribution in [0.5, 0.6) is 0 Å².